The predicted octanol–water partition coefficient (Wildman–Crippen LogP) is 2.93. The topological polar surface area (TPSA) is 78.8 Å². The van der Waals surface area contributed by atoms with Gasteiger partial charge >= 0.3 is 6.03 Å². The number of hydrogen-bond donors (Lipinski definition) is 1. The molecule has 2 saturated carbocycles. The lowest BCUT2D eigenvalue weighted by Crippen LogP contribution is -2.62. The number of urea groups is 1. The molecule has 7 heteroatoms. The Morgan fingerprint density at radius 2 is 1.96 bits per heavy atom. The lowest BCUT2D eigenvalue weighted by molar-refractivity contribution is -0.141. The van der Waals surface area contributed by atoms with Crippen molar-refractivity contribution in [2.45, 2.75) is 31.7 Å². The Kier molecular flexibility index (Phi) is 4.07. The van der Waals surface area contributed by atoms with Crippen molar-refractivity contribution in [3.05, 3.63) is 29.3 Å². The average molecular weight is 360 g/mol. The molecule has 4 atom stereocenters. The van der Waals surface area contributed by atoms with Crippen LogP contribution in [0.15, 0.2) is 29.3 Å². The SMILES string of the molecule is O=C1NC(=O)N([C@H]2C[C@H]3CC[C@H]2C3)C(=O)[C@@H]1C=Nc1ccccc1Cl. The first kappa shape index (κ1) is 16.3. The van der Waals surface area contributed by atoms with Crippen LogP contribution in [-0.2, 0) is 9.59 Å². The van der Waals surface area contributed by atoms with Gasteiger partial charge in [0.1, 0.15) is 0 Å². The minimum atomic E-state index is -1.10. The van der Waals surface area contributed by atoms with Crippen LogP contribution < -0.4 is 5.32 Å². The van der Waals surface area contributed by atoms with Gasteiger partial charge in [0.2, 0.25) is 11.8 Å². The van der Waals surface area contributed by atoms with Gasteiger partial charge in [-0.1, -0.05) is 30.2 Å². The first-order chi connectivity index (χ1) is 12.0. The molecule has 0 spiro atoms. The van der Waals surface area contributed by atoms with E-state index in [0.29, 0.717) is 22.5 Å². The number of imide groups is 2. The van der Waals surface area contributed by atoms with E-state index in [1.54, 1.807) is 24.3 Å². The van der Waals surface area contributed by atoms with Crippen LogP contribution in [0.25, 0.3) is 0 Å². The van der Waals surface area contributed by atoms with Gasteiger partial charge in [0.15, 0.2) is 5.92 Å². The van der Waals surface area contributed by atoms with Crippen LogP contribution >= 0.6 is 11.6 Å². The quantitative estimate of drug-likeness (QED) is 0.665. The van der Waals surface area contributed by atoms with Crippen molar-refractivity contribution in [3.8, 4) is 0 Å². The molecular weight excluding hydrogens is 342 g/mol. The lowest BCUT2D eigenvalue weighted by Gasteiger charge is -2.36. The van der Waals surface area contributed by atoms with Crippen LogP contribution in [0.5, 0.6) is 0 Å². The zero-order chi connectivity index (χ0) is 17.6. The van der Waals surface area contributed by atoms with Gasteiger partial charge in [-0.05, 0) is 43.2 Å². The Bertz CT molecular complexity index is 779. The summed E-state index contributed by atoms with van der Waals surface area (Å²) in [4.78, 5) is 42.7. The van der Waals surface area contributed by atoms with E-state index in [0.717, 1.165) is 19.3 Å². The molecule has 25 heavy (non-hydrogen) atoms. The second-order valence-electron chi connectivity index (χ2n) is 6.95. The molecular formula is C18H18ClN3O3. The Morgan fingerprint density at radius 3 is 2.64 bits per heavy atom. The van der Waals surface area contributed by atoms with Crippen molar-refractivity contribution in [3.63, 3.8) is 0 Å². The molecule has 3 aliphatic rings. The number of nitrogens with one attached hydrogen (secondary N) is 1. The van der Waals surface area contributed by atoms with Gasteiger partial charge in [0.05, 0.1) is 10.7 Å². The Morgan fingerprint density at radius 1 is 1.16 bits per heavy atom. The summed E-state index contributed by atoms with van der Waals surface area (Å²) in [5.74, 6) is -1.28. The molecule has 1 aromatic carbocycles. The maximum Gasteiger partial charge on any atom is 0.331 e. The second-order valence-corrected chi connectivity index (χ2v) is 7.36. The van der Waals surface area contributed by atoms with E-state index in [1.807, 2.05) is 0 Å². The van der Waals surface area contributed by atoms with Crippen molar-refractivity contribution in [2.24, 2.45) is 22.7 Å². The summed E-state index contributed by atoms with van der Waals surface area (Å²) in [7, 11) is 0. The number of benzene rings is 1. The van der Waals surface area contributed by atoms with E-state index in [2.05, 4.69) is 10.3 Å². The summed E-state index contributed by atoms with van der Waals surface area (Å²) in [6, 6.07) is 6.22. The van der Waals surface area contributed by atoms with Gasteiger partial charge in [-0.25, -0.2) is 4.79 Å². The third kappa shape index (κ3) is 2.84. The zero-order valence-electron chi connectivity index (χ0n) is 13.5. The fraction of sp³-hybridized carbons (Fsp3) is 0.444. The van der Waals surface area contributed by atoms with Crippen molar-refractivity contribution < 1.29 is 14.4 Å². The maximum absolute atomic E-state index is 12.8. The Hall–Kier alpha value is -2.21. The standard InChI is InChI=1S/C18H18ClN3O3/c19-13-3-1-2-4-14(13)20-9-12-16(23)21-18(25)22(17(12)24)15-8-10-5-6-11(15)7-10/h1-4,9-12,15H,5-8H2,(H,21,23,25)/t10-,11-,12+,15-/m0/s1. The highest BCUT2D eigenvalue weighted by molar-refractivity contribution is 6.33. The van der Waals surface area contributed by atoms with E-state index >= 15 is 0 Å². The molecule has 1 aliphatic heterocycles. The van der Waals surface area contributed by atoms with Crippen molar-refractivity contribution in [1.29, 1.82) is 0 Å². The van der Waals surface area contributed by atoms with Gasteiger partial charge in [0.25, 0.3) is 0 Å². The molecule has 0 unspecified atom stereocenters. The Labute approximate surface area is 150 Å². The maximum atomic E-state index is 12.8. The molecule has 130 valence electrons. The second kappa shape index (κ2) is 6.26. The van der Waals surface area contributed by atoms with Crippen molar-refractivity contribution in [2.75, 3.05) is 0 Å². The molecule has 0 radical (unpaired) electrons. The smallest absolute Gasteiger partial charge is 0.277 e. The first-order valence-electron chi connectivity index (χ1n) is 8.51. The van der Waals surface area contributed by atoms with E-state index in [1.165, 1.54) is 17.5 Å². The van der Waals surface area contributed by atoms with Crippen molar-refractivity contribution in [1.82, 2.24) is 10.2 Å². The highest BCUT2D eigenvalue weighted by atomic mass is 35.5. The molecule has 0 aromatic heterocycles. The van der Waals surface area contributed by atoms with E-state index in [-0.39, 0.29) is 6.04 Å². The van der Waals surface area contributed by atoms with Crippen LogP contribution in [0.1, 0.15) is 25.7 Å². The number of carbonyl (C=O) groups is 3. The average Bonchev–Trinajstić information content (AvgIpc) is 3.19. The number of carbonyl (C=O) groups excluding carboxylic acids is 3. The number of barbiturate groups is 1. The molecule has 4 amide bonds. The normalized spacial score (nSPS) is 31.9. The van der Waals surface area contributed by atoms with Gasteiger partial charge in [-0.2, -0.15) is 0 Å². The third-order valence-electron chi connectivity index (χ3n) is 5.48. The monoisotopic (exact) mass is 359 g/mol. The lowest BCUT2D eigenvalue weighted by atomic mass is 9.92. The minimum Gasteiger partial charge on any atom is -0.277 e. The molecule has 1 N–H and O–H groups in total. The summed E-state index contributed by atoms with van der Waals surface area (Å²) < 4.78 is 0. The van der Waals surface area contributed by atoms with Gasteiger partial charge < -0.3 is 0 Å². The van der Waals surface area contributed by atoms with Gasteiger partial charge in [-0.15, -0.1) is 0 Å². The number of fused-ring (bicyclic) bond motifs is 2. The van der Waals surface area contributed by atoms with E-state index < -0.39 is 23.8 Å². The third-order valence-corrected chi connectivity index (χ3v) is 5.80. The zero-order valence-corrected chi connectivity index (χ0v) is 14.3. The van der Waals surface area contributed by atoms with Gasteiger partial charge in [-0.3, -0.25) is 24.8 Å². The van der Waals surface area contributed by atoms with Crippen molar-refractivity contribution >= 4 is 41.3 Å². The number of amides is 4. The number of aliphatic imine (C=N–C) groups is 1. The molecule has 2 bridgehead atoms. The molecule has 2 aliphatic carbocycles. The summed E-state index contributed by atoms with van der Waals surface area (Å²) >= 11 is 6.05. The highest BCUT2D eigenvalue weighted by Crippen LogP contribution is 2.47. The number of hydrogen-bond acceptors (Lipinski definition) is 4. The highest BCUT2D eigenvalue weighted by Gasteiger charge is 2.50. The Balaban J connectivity index is 1.57. The van der Waals surface area contributed by atoms with Crippen LogP contribution in [0.4, 0.5) is 10.5 Å². The number of para-hydroxylation sites is 1. The summed E-state index contributed by atoms with van der Waals surface area (Å²) in [5.41, 5.74) is 0.480. The number of nitrogens with zero attached hydrogens (tertiary/aromatic N) is 2. The van der Waals surface area contributed by atoms with Gasteiger partial charge in [0, 0.05) is 12.3 Å². The molecule has 1 heterocycles. The predicted molar refractivity (Wildman–Crippen MR) is 92.7 cm³/mol. The minimum absolute atomic E-state index is 0.101. The van der Waals surface area contributed by atoms with Crippen LogP contribution in [0, 0.1) is 17.8 Å². The summed E-state index contributed by atoms with van der Waals surface area (Å²) in [5, 5.41) is 2.73. The molecule has 1 saturated heterocycles. The van der Waals surface area contributed by atoms with Crippen LogP contribution in [-0.4, -0.2) is 35.0 Å². The first-order valence-corrected chi connectivity index (χ1v) is 8.89. The molecule has 4 rings (SSSR count). The largest absolute Gasteiger partial charge is 0.331 e. The summed E-state index contributed by atoms with van der Waals surface area (Å²) in [6.07, 6.45) is 5.39. The van der Waals surface area contributed by atoms with Crippen LogP contribution in [0.3, 0.4) is 0 Å². The fourth-order valence-electron chi connectivity index (χ4n) is 4.29. The van der Waals surface area contributed by atoms with Crippen LogP contribution in [0.2, 0.25) is 5.02 Å². The number of rotatable bonds is 3. The molecule has 1 aromatic rings. The molecule has 3 fully saturated rings. The fourth-order valence-corrected chi connectivity index (χ4v) is 4.47. The summed E-state index contributed by atoms with van der Waals surface area (Å²) in [6.45, 7) is 0. The molecule has 6 nitrogen and oxygen atoms in total. The van der Waals surface area contributed by atoms with E-state index in [4.69, 9.17) is 11.6 Å². The number of halogens is 1. The van der Waals surface area contributed by atoms with E-state index in [9.17, 15) is 14.4 Å².